The van der Waals surface area contributed by atoms with Crippen molar-refractivity contribution in [3.63, 3.8) is 0 Å². The van der Waals surface area contributed by atoms with Crippen molar-refractivity contribution in [3.05, 3.63) is 6.92 Å². The molecular weight excluding hydrogens is 284 g/mol. The topological polar surface area (TPSA) is 105 Å². The Kier molecular flexibility index (Phi) is 9.15. The van der Waals surface area contributed by atoms with Crippen molar-refractivity contribution in [2.75, 3.05) is 19.4 Å². The van der Waals surface area contributed by atoms with E-state index in [0.717, 1.165) is 6.26 Å². The Labute approximate surface area is 121 Å². The number of aliphatic hydroxyl groups excluding tert-OH is 1. The van der Waals surface area contributed by atoms with Gasteiger partial charge in [-0.25, -0.2) is 18.6 Å². The van der Waals surface area contributed by atoms with Gasteiger partial charge in [-0.05, 0) is 12.8 Å². The van der Waals surface area contributed by atoms with Gasteiger partial charge in [0.25, 0.3) is 0 Å². The van der Waals surface area contributed by atoms with Crippen LogP contribution in [0.25, 0.3) is 0 Å². The Morgan fingerprint density at radius 2 is 2.00 bits per heavy atom. The maximum Gasteiger partial charge on any atom is 0.209 e. The first-order chi connectivity index (χ1) is 9.17. The second-order valence-corrected chi connectivity index (χ2v) is 6.73. The molecule has 2 unspecified atom stereocenters. The summed E-state index contributed by atoms with van der Waals surface area (Å²) in [6.07, 6.45) is 0.389. The van der Waals surface area contributed by atoms with Gasteiger partial charge < -0.3 is 9.94 Å². The summed E-state index contributed by atoms with van der Waals surface area (Å²) in [6, 6.07) is -0.681. The molecule has 0 saturated carbocycles. The summed E-state index contributed by atoms with van der Waals surface area (Å²) >= 11 is 0. The SMILES string of the molecule is [CH2]CCNOCC(CC(O)C(=O)C(C)C)NS(C)(=O)=O. The molecule has 0 aromatic heterocycles. The van der Waals surface area contributed by atoms with Gasteiger partial charge in [0, 0.05) is 18.5 Å². The van der Waals surface area contributed by atoms with E-state index in [1.165, 1.54) is 0 Å². The third-order valence-electron chi connectivity index (χ3n) is 2.45. The summed E-state index contributed by atoms with van der Waals surface area (Å²) < 4.78 is 24.8. The Morgan fingerprint density at radius 3 is 2.45 bits per heavy atom. The van der Waals surface area contributed by atoms with Gasteiger partial charge in [-0.2, -0.15) is 0 Å². The number of Topliss-reactive ketones (excluding diaryl/α,β-unsaturated/α-hetero) is 1. The number of carbonyl (C=O) groups excluding carboxylic acids is 1. The number of hydrogen-bond donors (Lipinski definition) is 3. The van der Waals surface area contributed by atoms with Gasteiger partial charge >= 0.3 is 0 Å². The zero-order valence-corrected chi connectivity index (χ0v) is 13.1. The van der Waals surface area contributed by atoms with Crippen molar-refractivity contribution in [2.45, 2.75) is 38.8 Å². The molecule has 20 heavy (non-hydrogen) atoms. The third kappa shape index (κ3) is 9.38. The Morgan fingerprint density at radius 1 is 1.40 bits per heavy atom. The molecule has 1 radical (unpaired) electrons. The van der Waals surface area contributed by atoms with Crippen LogP contribution in [0.15, 0.2) is 0 Å². The van der Waals surface area contributed by atoms with Crippen molar-refractivity contribution in [1.29, 1.82) is 0 Å². The molecule has 0 saturated heterocycles. The summed E-state index contributed by atoms with van der Waals surface area (Å²) in [5.74, 6) is -0.634. The molecule has 8 heteroatoms. The zero-order chi connectivity index (χ0) is 15.8. The van der Waals surface area contributed by atoms with E-state index in [1.54, 1.807) is 13.8 Å². The van der Waals surface area contributed by atoms with Crippen LogP contribution in [-0.2, 0) is 19.7 Å². The lowest BCUT2D eigenvalue weighted by atomic mass is 9.99. The van der Waals surface area contributed by atoms with Crippen molar-refractivity contribution >= 4 is 15.8 Å². The summed E-state index contributed by atoms with van der Waals surface area (Å²) in [7, 11) is -3.45. The van der Waals surface area contributed by atoms with Crippen LogP contribution in [0.2, 0.25) is 0 Å². The van der Waals surface area contributed by atoms with Gasteiger partial charge in [0.2, 0.25) is 10.0 Å². The summed E-state index contributed by atoms with van der Waals surface area (Å²) in [5, 5.41) is 9.79. The van der Waals surface area contributed by atoms with Crippen LogP contribution in [-0.4, -0.2) is 50.9 Å². The first-order valence-electron chi connectivity index (χ1n) is 6.50. The van der Waals surface area contributed by atoms with Crippen LogP contribution in [0.3, 0.4) is 0 Å². The van der Waals surface area contributed by atoms with Gasteiger partial charge in [0.1, 0.15) is 6.10 Å². The van der Waals surface area contributed by atoms with Crippen molar-refractivity contribution in [2.24, 2.45) is 5.92 Å². The van der Waals surface area contributed by atoms with E-state index in [9.17, 15) is 18.3 Å². The Balaban J connectivity index is 4.48. The maximum absolute atomic E-state index is 11.6. The molecule has 0 aliphatic rings. The Bertz CT molecular complexity index is 383. The predicted octanol–water partition coefficient (Wildman–Crippen LogP) is -0.374. The summed E-state index contributed by atoms with van der Waals surface area (Å²) in [4.78, 5) is 16.7. The highest BCUT2D eigenvalue weighted by atomic mass is 32.2. The van der Waals surface area contributed by atoms with E-state index in [-0.39, 0.29) is 24.7 Å². The fourth-order valence-corrected chi connectivity index (χ4v) is 2.30. The zero-order valence-electron chi connectivity index (χ0n) is 12.3. The molecule has 0 bridgehead atoms. The minimum atomic E-state index is -3.45. The van der Waals surface area contributed by atoms with Crippen LogP contribution in [0.5, 0.6) is 0 Å². The number of carbonyl (C=O) groups is 1. The van der Waals surface area contributed by atoms with E-state index in [0.29, 0.717) is 13.0 Å². The lowest BCUT2D eigenvalue weighted by Crippen LogP contribution is -2.43. The van der Waals surface area contributed by atoms with Crippen LogP contribution >= 0.6 is 0 Å². The quantitative estimate of drug-likeness (QED) is 0.355. The van der Waals surface area contributed by atoms with Crippen LogP contribution < -0.4 is 10.2 Å². The lowest BCUT2D eigenvalue weighted by Gasteiger charge is -2.21. The van der Waals surface area contributed by atoms with Gasteiger partial charge in [0.15, 0.2) is 5.78 Å². The minimum absolute atomic E-state index is 0.00943. The second kappa shape index (κ2) is 9.41. The van der Waals surface area contributed by atoms with Crippen molar-refractivity contribution < 1.29 is 23.2 Å². The number of hydroxylamine groups is 1. The first kappa shape index (κ1) is 19.5. The van der Waals surface area contributed by atoms with E-state index in [2.05, 4.69) is 17.1 Å². The first-order valence-corrected chi connectivity index (χ1v) is 8.39. The molecule has 0 aromatic carbocycles. The smallest absolute Gasteiger partial charge is 0.209 e. The highest BCUT2D eigenvalue weighted by Gasteiger charge is 2.24. The van der Waals surface area contributed by atoms with Crippen LogP contribution in [0.1, 0.15) is 26.7 Å². The molecule has 3 N–H and O–H groups in total. The van der Waals surface area contributed by atoms with Gasteiger partial charge in [0.05, 0.1) is 12.9 Å². The standard InChI is InChI=1S/C12H25N2O5S/c1-5-6-13-19-8-10(14-20(4,17)18)7-11(15)12(16)9(2)3/h9-11,13-15H,1,5-8H2,2-4H3. The Hall–Kier alpha value is -0.540. The molecule has 0 rings (SSSR count). The number of aliphatic hydroxyl groups is 1. The van der Waals surface area contributed by atoms with Crippen LogP contribution in [0, 0.1) is 12.8 Å². The fraction of sp³-hybridized carbons (Fsp3) is 0.833. The highest BCUT2D eigenvalue weighted by molar-refractivity contribution is 7.88. The van der Waals surface area contributed by atoms with E-state index < -0.39 is 22.2 Å². The average molecular weight is 309 g/mol. The maximum atomic E-state index is 11.6. The van der Waals surface area contributed by atoms with Gasteiger partial charge in [-0.3, -0.25) is 4.79 Å². The summed E-state index contributed by atoms with van der Waals surface area (Å²) in [5.41, 5.74) is 2.61. The van der Waals surface area contributed by atoms with E-state index in [1.807, 2.05) is 0 Å². The largest absolute Gasteiger partial charge is 0.385 e. The molecule has 0 aliphatic carbocycles. The molecule has 0 fully saturated rings. The number of hydrogen-bond acceptors (Lipinski definition) is 6. The van der Waals surface area contributed by atoms with E-state index >= 15 is 0 Å². The third-order valence-corrected chi connectivity index (χ3v) is 3.21. The fourth-order valence-electron chi connectivity index (χ4n) is 1.53. The molecule has 0 amide bonds. The molecule has 0 heterocycles. The second-order valence-electron chi connectivity index (χ2n) is 4.95. The minimum Gasteiger partial charge on any atom is -0.385 e. The normalized spacial score (nSPS) is 15.3. The molecule has 0 aromatic rings. The molecule has 7 nitrogen and oxygen atoms in total. The molecule has 119 valence electrons. The lowest BCUT2D eigenvalue weighted by molar-refractivity contribution is -0.131. The molecule has 2 atom stereocenters. The molecule has 0 aliphatic heterocycles. The highest BCUT2D eigenvalue weighted by Crippen LogP contribution is 2.07. The monoisotopic (exact) mass is 309 g/mol. The van der Waals surface area contributed by atoms with Crippen molar-refractivity contribution in [3.8, 4) is 0 Å². The summed E-state index contributed by atoms with van der Waals surface area (Å²) in [6.45, 7) is 7.51. The molecular formula is C12H25N2O5S. The number of nitrogens with one attached hydrogen (secondary N) is 2. The van der Waals surface area contributed by atoms with Crippen molar-refractivity contribution in [1.82, 2.24) is 10.2 Å². The van der Waals surface area contributed by atoms with E-state index in [4.69, 9.17) is 4.84 Å². The predicted molar refractivity (Wildman–Crippen MR) is 76.2 cm³/mol. The number of rotatable bonds is 11. The number of ketones is 1. The van der Waals surface area contributed by atoms with Gasteiger partial charge in [-0.1, -0.05) is 20.8 Å². The molecule has 0 spiro atoms. The van der Waals surface area contributed by atoms with Crippen LogP contribution in [0.4, 0.5) is 0 Å². The van der Waals surface area contributed by atoms with Gasteiger partial charge in [-0.15, -0.1) is 0 Å². The number of sulfonamides is 1. The average Bonchev–Trinajstić information content (AvgIpc) is 2.31.